The Morgan fingerprint density at radius 2 is 2.29 bits per heavy atom. The van der Waals surface area contributed by atoms with Crippen LogP contribution in [0.4, 0.5) is 9.18 Å². The molecule has 1 aliphatic carbocycles. The van der Waals surface area contributed by atoms with E-state index >= 15 is 0 Å². The quantitative estimate of drug-likeness (QED) is 0.847. The molecule has 0 radical (unpaired) electrons. The van der Waals surface area contributed by atoms with Crippen molar-refractivity contribution >= 4 is 11.7 Å². The lowest BCUT2D eigenvalue weighted by molar-refractivity contribution is 0.135. The van der Waals surface area contributed by atoms with Crippen LogP contribution in [0.1, 0.15) is 31.0 Å². The van der Waals surface area contributed by atoms with Gasteiger partial charge in [0, 0.05) is 25.3 Å². The number of nitrogens with zero attached hydrogens (tertiary/aromatic N) is 2. The molecule has 2 unspecified atom stereocenters. The van der Waals surface area contributed by atoms with Crippen molar-refractivity contribution in [3.63, 3.8) is 0 Å². The van der Waals surface area contributed by atoms with Crippen molar-refractivity contribution in [1.82, 2.24) is 9.88 Å². The van der Waals surface area contributed by atoms with E-state index in [0.29, 0.717) is 30.8 Å². The molecule has 0 aromatic carbocycles. The number of methoxy groups -OCH3 is 1. The van der Waals surface area contributed by atoms with Crippen molar-refractivity contribution in [3.05, 3.63) is 47.6 Å². The first-order valence-electron chi connectivity index (χ1n) is 8.07. The summed E-state index contributed by atoms with van der Waals surface area (Å²) < 4.78 is 24.7. The molecule has 2 atom stereocenters. The summed E-state index contributed by atoms with van der Waals surface area (Å²) in [5.74, 6) is -0.207. The molecule has 1 aromatic rings. The summed E-state index contributed by atoms with van der Waals surface area (Å²) >= 11 is 0. The van der Waals surface area contributed by atoms with Crippen LogP contribution in [0, 0.1) is 0 Å². The van der Waals surface area contributed by atoms with Crippen LogP contribution < -0.4 is 0 Å². The first-order valence-corrected chi connectivity index (χ1v) is 8.07. The van der Waals surface area contributed by atoms with Crippen molar-refractivity contribution in [2.24, 2.45) is 0 Å². The van der Waals surface area contributed by atoms with Gasteiger partial charge in [-0.2, -0.15) is 0 Å². The van der Waals surface area contributed by atoms with Crippen LogP contribution >= 0.6 is 0 Å². The molecule has 1 fully saturated rings. The topological polar surface area (TPSA) is 51.7 Å². The average Bonchev–Trinajstić information content (AvgIpc) is 2.78. The molecule has 0 saturated carbocycles. The molecular formula is C18H21FN2O3. The maximum absolute atomic E-state index is 14.5. The molecule has 1 amide bonds. The summed E-state index contributed by atoms with van der Waals surface area (Å²) in [6.45, 7) is 2.87. The first-order chi connectivity index (χ1) is 11.6. The third-order valence-electron chi connectivity index (χ3n) is 4.24. The van der Waals surface area contributed by atoms with Gasteiger partial charge in [0.1, 0.15) is 11.9 Å². The van der Waals surface area contributed by atoms with Gasteiger partial charge in [0.05, 0.1) is 24.9 Å². The number of amides is 1. The highest BCUT2D eigenvalue weighted by Crippen LogP contribution is 2.30. The summed E-state index contributed by atoms with van der Waals surface area (Å²) in [6, 6.07) is 3.51. The van der Waals surface area contributed by atoms with Crippen LogP contribution in [0.25, 0.3) is 5.57 Å². The molecule has 0 bridgehead atoms. The van der Waals surface area contributed by atoms with E-state index in [2.05, 4.69) is 4.98 Å². The highest BCUT2D eigenvalue weighted by Gasteiger charge is 2.33. The smallest absolute Gasteiger partial charge is 0.410 e. The zero-order chi connectivity index (χ0) is 17.1. The second-order valence-electron chi connectivity index (χ2n) is 6.12. The Morgan fingerprint density at radius 1 is 1.46 bits per heavy atom. The van der Waals surface area contributed by atoms with Crippen LogP contribution in [-0.4, -0.2) is 41.8 Å². The van der Waals surface area contributed by atoms with Crippen molar-refractivity contribution in [2.75, 3.05) is 13.7 Å². The van der Waals surface area contributed by atoms with E-state index in [-0.39, 0.29) is 30.5 Å². The van der Waals surface area contributed by atoms with Gasteiger partial charge in [-0.1, -0.05) is 18.2 Å². The van der Waals surface area contributed by atoms with E-state index < -0.39 is 0 Å². The molecule has 24 heavy (non-hydrogen) atoms. The first kappa shape index (κ1) is 16.6. The second-order valence-corrected chi connectivity index (χ2v) is 6.12. The third-order valence-corrected chi connectivity index (χ3v) is 4.24. The maximum Gasteiger partial charge on any atom is 0.410 e. The lowest BCUT2D eigenvalue weighted by Crippen LogP contribution is -2.34. The number of halogens is 1. The Morgan fingerprint density at radius 3 is 2.92 bits per heavy atom. The Kier molecular flexibility index (Phi) is 4.94. The van der Waals surface area contributed by atoms with E-state index in [9.17, 15) is 9.18 Å². The predicted octanol–water partition coefficient (Wildman–Crippen LogP) is 3.47. The lowest BCUT2D eigenvalue weighted by Gasteiger charge is -2.21. The van der Waals surface area contributed by atoms with Crippen molar-refractivity contribution in [2.45, 2.75) is 38.5 Å². The number of aromatic nitrogens is 1. The monoisotopic (exact) mass is 332 g/mol. The van der Waals surface area contributed by atoms with Gasteiger partial charge >= 0.3 is 6.09 Å². The van der Waals surface area contributed by atoms with Crippen molar-refractivity contribution in [3.8, 4) is 0 Å². The Balaban J connectivity index is 1.78. The minimum atomic E-state index is -0.331. The van der Waals surface area contributed by atoms with Crippen molar-refractivity contribution < 1.29 is 18.7 Å². The molecule has 0 N–H and O–H groups in total. The van der Waals surface area contributed by atoms with E-state index in [1.807, 2.05) is 19.1 Å². The molecule has 3 rings (SSSR count). The number of hydrogen-bond acceptors (Lipinski definition) is 4. The van der Waals surface area contributed by atoms with Gasteiger partial charge in [0.25, 0.3) is 0 Å². The summed E-state index contributed by atoms with van der Waals surface area (Å²) in [6.07, 6.45) is 5.63. The molecule has 5 nitrogen and oxygen atoms in total. The summed E-state index contributed by atoms with van der Waals surface area (Å²) in [5, 5.41) is 0. The fourth-order valence-electron chi connectivity index (χ4n) is 3.02. The summed E-state index contributed by atoms with van der Waals surface area (Å²) in [4.78, 5) is 17.9. The fourth-order valence-corrected chi connectivity index (χ4v) is 3.02. The number of pyridine rings is 1. The molecule has 2 heterocycles. The molecule has 1 aromatic heterocycles. The molecule has 6 heteroatoms. The molecular weight excluding hydrogens is 311 g/mol. The van der Waals surface area contributed by atoms with Crippen LogP contribution in [-0.2, 0) is 16.1 Å². The second kappa shape index (κ2) is 7.13. The number of carbonyl (C=O) groups is 1. The zero-order valence-electron chi connectivity index (χ0n) is 13.9. The highest BCUT2D eigenvalue weighted by atomic mass is 19.1. The number of rotatable bonds is 4. The Labute approximate surface area is 140 Å². The van der Waals surface area contributed by atoms with E-state index in [1.165, 1.54) is 0 Å². The van der Waals surface area contributed by atoms with Gasteiger partial charge in [-0.3, -0.25) is 9.88 Å². The molecule has 1 saturated heterocycles. The van der Waals surface area contributed by atoms with Gasteiger partial charge in [-0.15, -0.1) is 0 Å². The molecule has 0 spiro atoms. The number of carbonyl (C=O) groups excluding carboxylic acids is 1. The minimum absolute atomic E-state index is 0.124. The number of ether oxygens (including phenoxy) is 2. The Bertz CT molecular complexity index is 669. The number of allylic oxidation sites excluding steroid dienone is 3. The largest absolute Gasteiger partial charge is 0.444 e. The number of hydrogen-bond donors (Lipinski definition) is 0. The van der Waals surface area contributed by atoms with Gasteiger partial charge < -0.3 is 9.47 Å². The highest BCUT2D eigenvalue weighted by molar-refractivity contribution is 5.75. The maximum atomic E-state index is 14.5. The fraction of sp³-hybridized carbons (Fsp3) is 0.444. The standard InChI is InChI=1S/C18H21FN2O3/c1-12-10-21(18(22)24-12)14-4-6-15(16(19)7-5-14)17-8-3-13(9-20-17)11-23-2/h3-4,6,8-9,12,14H,5,7,10-11H2,1-2H3. The van der Waals surface area contributed by atoms with E-state index in [4.69, 9.17) is 9.47 Å². The zero-order valence-corrected chi connectivity index (χ0v) is 13.9. The average molecular weight is 332 g/mol. The Hall–Kier alpha value is -2.21. The van der Waals surface area contributed by atoms with Crippen LogP contribution in [0.5, 0.6) is 0 Å². The van der Waals surface area contributed by atoms with Gasteiger partial charge in [0.15, 0.2) is 0 Å². The molecule has 1 aliphatic heterocycles. The summed E-state index contributed by atoms with van der Waals surface area (Å²) in [5.41, 5.74) is 2.00. The number of cyclic esters (lactones) is 1. The minimum Gasteiger partial charge on any atom is -0.444 e. The van der Waals surface area contributed by atoms with E-state index in [0.717, 1.165) is 5.56 Å². The SMILES string of the molecule is COCc1ccc(C2=C(F)CCC(N3CC(C)OC3=O)C=C2)nc1. The molecule has 128 valence electrons. The summed E-state index contributed by atoms with van der Waals surface area (Å²) in [7, 11) is 1.62. The van der Waals surface area contributed by atoms with Crippen LogP contribution in [0.3, 0.4) is 0 Å². The van der Waals surface area contributed by atoms with Crippen LogP contribution in [0.2, 0.25) is 0 Å². The van der Waals surface area contributed by atoms with E-state index in [1.54, 1.807) is 30.3 Å². The normalized spacial score (nSPS) is 24.3. The van der Waals surface area contributed by atoms with Crippen LogP contribution in [0.15, 0.2) is 36.3 Å². The lowest BCUT2D eigenvalue weighted by atomic mass is 10.1. The van der Waals surface area contributed by atoms with Gasteiger partial charge in [0.2, 0.25) is 0 Å². The van der Waals surface area contributed by atoms with Gasteiger partial charge in [-0.25, -0.2) is 9.18 Å². The third kappa shape index (κ3) is 3.48. The van der Waals surface area contributed by atoms with Gasteiger partial charge in [-0.05, 0) is 25.0 Å². The van der Waals surface area contributed by atoms with Crippen molar-refractivity contribution in [1.29, 1.82) is 0 Å². The predicted molar refractivity (Wildman–Crippen MR) is 87.8 cm³/mol. The molecule has 2 aliphatic rings.